The predicted molar refractivity (Wildman–Crippen MR) is 111 cm³/mol. The summed E-state index contributed by atoms with van der Waals surface area (Å²) in [6.07, 6.45) is 1.51. The zero-order valence-electron chi connectivity index (χ0n) is 15.1. The van der Waals surface area contributed by atoms with E-state index < -0.39 is 10.0 Å². The van der Waals surface area contributed by atoms with Gasteiger partial charge in [0.2, 0.25) is 10.0 Å². The average molecular weight is 404 g/mol. The lowest BCUT2D eigenvalue weighted by Crippen LogP contribution is -2.14. The number of nitrogens with one attached hydrogen (secondary N) is 1. The number of rotatable bonds is 4. The number of hydrogen-bond donors (Lipinski definition) is 2. The van der Waals surface area contributed by atoms with E-state index in [0.717, 1.165) is 22.2 Å². The molecule has 0 unspecified atom stereocenters. The number of amides is 1. The molecular formula is C21H16N4O3S. The lowest BCUT2D eigenvalue weighted by atomic mass is 10.1. The number of primary sulfonamides is 1. The number of benzene rings is 3. The second-order valence-electron chi connectivity index (χ2n) is 6.34. The number of anilines is 1. The van der Waals surface area contributed by atoms with E-state index in [9.17, 15) is 13.2 Å². The molecule has 4 aromatic rings. The number of hydrogen-bond acceptors (Lipinski definition) is 5. The second-order valence-corrected chi connectivity index (χ2v) is 7.91. The summed E-state index contributed by atoms with van der Waals surface area (Å²) in [5, 5.41) is 8.80. The summed E-state index contributed by atoms with van der Waals surface area (Å²) >= 11 is 0. The molecule has 0 atom stereocenters. The number of para-hydroxylation sites is 1. The van der Waals surface area contributed by atoms with Crippen LogP contribution in [0.15, 0.2) is 84.0 Å². The van der Waals surface area contributed by atoms with Crippen LogP contribution in [0, 0.1) is 0 Å². The van der Waals surface area contributed by atoms with Crippen LogP contribution in [-0.4, -0.2) is 24.3 Å². The van der Waals surface area contributed by atoms with Crippen LogP contribution < -0.4 is 10.5 Å². The molecule has 1 amide bonds. The zero-order chi connectivity index (χ0) is 20.4. The van der Waals surface area contributed by atoms with Gasteiger partial charge in [0.1, 0.15) is 6.33 Å². The van der Waals surface area contributed by atoms with E-state index in [1.165, 1.54) is 30.6 Å². The average Bonchev–Trinajstić information content (AvgIpc) is 2.73. The predicted octanol–water partition coefficient (Wildman–Crippen LogP) is 3.20. The topological polar surface area (TPSA) is 115 Å². The summed E-state index contributed by atoms with van der Waals surface area (Å²) in [5.74, 6) is -0.365. The Hall–Kier alpha value is -3.62. The first kappa shape index (κ1) is 18.7. The molecule has 4 rings (SSSR count). The number of nitrogens with zero attached hydrogens (tertiary/aromatic N) is 2. The molecule has 144 valence electrons. The van der Waals surface area contributed by atoms with Gasteiger partial charge in [-0.3, -0.25) is 4.79 Å². The molecular weight excluding hydrogens is 388 g/mol. The quantitative estimate of drug-likeness (QED) is 0.542. The number of carbonyl (C=O) groups excluding carboxylic acids is 1. The maximum absolute atomic E-state index is 12.5. The highest BCUT2D eigenvalue weighted by atomic mass is 32.2. The fraction of sp³-hybridized carbons (Fsp3) is 0. The Kier molecular flexibility index (Phi) is 4.79. The molecule has 0 saturated heterocycles. The Labute approximate surface area is 167 Å². The summed E-state index contributed by atoms with van der Waals surface area (Å²) in [5.41, 5.74) is 3.35. The zero-order valence-corrected chi connectivity index (χ0v) is 15.9. The number of sulfonamides is 1. The number of nitrogens with two attached hydrogens (primary N) is 1. The number of aromatic nitrogens is 2. The third-order valence-corrected chi connectivity index (χ3v) is 5.31. The van der Waals surface area contributed by atoms with Crippen LogP contribution in [0.2, 0.25) is 0 Å². The summed E-state index contributed by atoms with van der Waals surface area (Å²) in [4.78, 5) is 21.1. The fourth-order valence-corrected chi connectivity index (χ4v) is 3.49. The summed E-state index contributed by atoms with van der Waals surface area (Å²) < 4.78 is 22.7. The first-order valence-electron chi connectivity index (χ1n) is 8.66. The van der Waals surface area contributed by atoms with E-state index in [0.29, 0.717) is 11.3 Å². The Balaban J connectivity index is 1.62. The van der Waals surface area contributed by atoms with Gasteiger partial charge in [0.05, 0.1) is 16.1 Å². The van der Waals surface area contributed by atoms with Gasteiger partial charge in [0.15, 0.2) is 0 Å². The van der Waals surface area contributed by atoms with Gasteiger partial charge in [-0.15, -0.1) is 0 Å². The Morgan fingerprint density at radius 1 is 0.897 bits per heavy atom. The van der Waals surface area contributed by atoms with Crippen molar-refractivity contribution in [2.24, 2.45) is 5.14 Å². The standard InChI is InChI=1S/C21H16N4O3S/c22-29(27,28)17-10-8-14(9-11-17)21(26)25-16-5-3-4-15(12-16)20-18-6-1-2-7-19(18)23-13-24-20/h1-13H,(H,25,26)(H2,22,27,28). The normalized spacial score (nSPS) is 11.3. The van der Waals surface area contributed by atoms with E-state index >= 15 is 0 Å². The molecule has 0 fully saturated rings. The molecule has 1 heterocycles. The van der Waals surface area contributed by atoms with Crippen molar-refractivity contribution in [1.29, 1.82) is 0 Å². The van der Waals surface area contributed by atoms with Crippen LogP contribution in [0.3, 0.4) is 0 Å². The monoisotopic (exact) mass is 404 g/mol. The van der Waals surface area contributed by atoms with Gasteiger partial charge in [-0.1, -0.05) is 30.3 Å². The molecule has 7 nitrogen and oxygen atoms in total. The van der Waals surface area contributed by atoms with E-state index in [4.69, 9.17) is 5.14 Å². The molecule has 0 aliphatic rings. The van der Waals surface area contributed by atoms with Gasteiger partial charge >= 0.3 is 0 Å². The van der Waals surface area contributed by atoms with Crippen molar-refractivity contribution in [3.8, 4) is 11.3 Å². The molecule has 1 aromatic heterocycles. The van der Waals surface area contributed by atoms with Crippen LogP contribution >= 0.6 is 0 Å². The minimum atomic E-state index is -3.80. The van der Waals surface area contributed by atoms with Crippen molar-refractivity contribution in [1.82, 2.24) is 9.97 Å². The Morgan fingerprint density at radius 2 is 1.66 bits per heavy atom. The number of carbonyl (C=O) groups is 1. The number of fused-ring (bicyclic) bond motifs is 1. The molecule has 29 heavy (non-hydrogen) atoms. The molecule has 0 aliphatic heterocycles. The SMILES string of the molecule is NS(=O)(=O)c1ccc(C(=O)Nc2cccc(-c3ncnc4ccccc34)c2)cc1. The summed E-state index contributed by atoms with van der Waals surface area (Å²) in [7, 11) is -3.80. The van der Waals surface area contributed by atoms with Crippen molar-refractivity contribution in [3.63, 3.8) is 0 Å². The lowest BCUT2D eigenvalue weighted by molar-refractivity contribution is 0.102. The largest absolute Gasteiger partial charge is 0.322 e. The minimum Gasteiger partial charge on any atom is -0.322 e. The van der Waals surface area contributed by atoms with Gasteiger partial charge in [0.25, 0.3) is 5.91 Å². The maximum atomic E-state index is 12.5. The molecule has 0 saturated carbocycles. The maximum Gasteiger partial charge on any atom is 0.255 e. The van der Waals surface area contributed by atoms with Crippen molar-refractivity contribution in [2.75, 3.05) is 5.32 Å². The van der Waals surface area contributed by atoms with Crippen LogP contribution in [0.1, 0.15) is 10.4 Å². The fourth-order valence-electron chi connectivity index (χ4n) is 2.98. The van der Waals surface area contributed by atoms with Gasteiger partial charge in [-0.2, -0.15) is 0 Å². The first-order valence-corrected chi connectivity index (χ1v) is 10.2. The van der Waals surface area contributed by atoms with Crippen molar-refractivity contribution in [2.45, 2.75) is 4.90 Å². The third-order valence-electron chi connectivity index (χ3n) is 4.38. The van der Waals surface area contributed by atoms with Gasteiger partial charge in [-0.25, -0.2) is 23.5 Å². The molecule has 0 aliphatic carbocycles. The van der Waals surface area contributed by atoms with Crippen LogP contribution in [0.25, 0.3) is 22.2 Å². The molecule has 0 radical (unpaired) electrons. The van der Waals surface area contributed by atoms with Crippen LogP contribution in [0.5, 0.6) is 0 Å². The molecule has 0 spiro atoms. The highest BCUT2D eigenvalue weighted by molar-refractivity contribution is 7.89. The highest BCUT2D eigenvalue weighted by Crippen LogP contribution is 2.27. The van der Waals surface area contributed by atoms with Crippen LogP contribution in [-0.2, 0) is 10.0 Å². The molecule has 3 aromatic carbocycles. The van der Waals surface area contributed by atoms with Gasteiger partial charge < -0.3 is 5.32 Å². The van der Waals surface area contributed by atoms with Crippen molar-refractivity contribution in [3.05, 3.63) is 84.7 Å². The van der Waals surface area contributed by atoms with E-state index in [1.54, 1.807) is 6.07 Å². The Bertz CT molecular complexity index is 1310. The van der Waals surface area contributed by atoms with E-state index in [2.05, 4.69) is 15.3 Å². The Morgan fingerprint density at radius 3 is 2.41 bits per heavy atom. The lowest BCUT2D eigenvalue weighted by Gasteiger charge is -2.09. The summed E-state index contributed by atoms with van der Waals surface area (Å²) in [6.45, 7) is 0. The van der Waals surface area contributed by atoms with Crippen molar-refractivity contribution >= 4 is 32.5 Å². The highest BCUT2D eigenvalue weighted by Gasteiger charge is 2.12. The van der Waals surface area contributed by atoms with Crippen LogP contribution in [0.4, 0.5) is 5.69 Å². The second kappa shape index (κ2) is 7.42. The smallest absolute Gasteiger partial charge is 0.255 e. The van der Waals surface area contributed by atoms with E-state index in [-0.39, 0.29) is 10.8 Å². The van der Waals surface area contributed by atoms with E-state index in [1.807, 2.05) is 42.5 Å². The molecule has 0 bridgehead atoms. The first-order chi connectivity index (χ1) is 13.9. The van der Waals surface area contributed by atoms with Crippen molar-refractivity contribution < 1.29 is 13.2 Å². The minimum absolute atomic E-state index is 0.0494. The van der Waals surface area contributed by atoms with Gasteiger partial charge in [-0.05, 0) is 42.5 Å². The van der Waals surface area contributed by atoms with Gasteiger partial charge in [0, 0.05) is 22.2 Å². The third kappa shape index (κ3) is 3.98. The molecule has 3 N–H and O–H groups in total. The summed E-state index contributed by atoms with van der Waals surface area (Å²) in [6, 6.07) is 20.4. The molecule has 8 heteroatoms.